The van der Waals surface area contributed by atoms with Crippen LogP contribution in [-0.4, -0.2) is 50.3 Å². The first-order valence-electron chi connectivity index (χ1n) is 8.68. The van der Waals surface area contributed by atoms with Gasteiger partial charge in [0.2, 0.25) is 0 Å². The van der Waals surface area contributed by atoms with Crippen molar-refractivity contribution >= 4 is 0 Å². The molecule has 0 aromatic rings. The van der Waals surface area contributed by atoms with Crippen molar-refractivity contribution in [3.8, 4) is 0 Å². The molecule has 0 spiro atoms. The maximum Gasteiger partial charge on any atom is 0.0474 e. The molecule has 1 aliphatic heterocycles. The van der Waals surface area contributed by atoms with Gasteiger partial charge in [-0.3, -0.25) is 4.90 Å². The van der Waals surface area contributed by atoms with Gasteiger partial charge in [-0.15, -0.1) is 0 Å². The quantitative estimate of drug-likeness (QED) is 0.758. The van der Waals surface area contributed by atoms with E-state index in [4.69, 9.17) is 4.74 Å². The van der Waals surface area contributed by atoms with E-state index in [0.717, 1.165) is 30.9 Å². The molecule has 1 saturated carbocycles. The maximum absolute atomic E-state index is 5.23. The van der Waals surface area contributed by atoms with Gasteiger partial charge in [0.1, 0.15) is 0 Å². The van der Waals surface area contributed by atoms with Gasteiger partial charge < -0.3 is 10.1 Å². The van der Waals surface area contributed by atoms with Gasteiger partial charge in [0.25, 0.3) is 0 Å². The molecule has 3 nitrogen and oxygen atoms in total. The minimum absolute atomic E-state index is 0.701. The summed E-state index contributed by atoms with van der Waals surface area (Å²) in [5.74, 6) is 1.65. The first kappa shape index (κ1) is 16.3. The summed E-state index contributed by atoms with van der Waals surface area (Å²) in [5.41, 5.74) is 0. The number of methoxy groups -OCH3 is 1. The van der Waals surface area contributed by atoms with E-state index in [1.807, 2.05) is 7.11 Å². The number of nitrogens with zero attached hydrogens (tertiary/aromatic N) is 1. The predicted molar refractivity (Wildman–Crippen MR) is 85.1 cm³/mol. The normalized spacial score (nSPS) is 30.0. The fourth-order valence-corrected chi connectivity index (χ4v) is 4.03. The summed E-state index contributed by atoms with van der Waals surface area (Å²) < 4.78 is 5.23. The van der Waals surface area contributed by atoms with Crippen molar-refractivity contribution in [3.05, 3.63) is 0 Å². The predicted octanol–water partition coefficient (Wildman–Crippen LogP) is 2.90. The van der Waals surface area contributed by atoms with Crippen molar-refractivity contribution in [1.29, 1.82) is 0 Å². The Kier molecular flexibility index (Phi) is 6.79. The minimum Gasteiger partial charge on any atom is -0.385 e. The van der Waals surface area contributed by atoms with E-state index in [0.29, 0.717) is 6.04 Å². The van der Waals surface area contributed by atoms with E-state index in [1.165, 1.54) is 51.7 Å². The van der Waals surface area contributed by atoms with Crippen LogP contribution in [0, 0.1) is 11.8 Å². The van der Waals surface area contributed by atoms with Crippen LogP contribution in [0.15, 0.2) is 0 Å². The highest BCUT2D eigenvalue weighted by molar-refractivity contribution is 4.91. The van der Waals surface area contributed by atoms with Gasteiger partial charge in [0, 0.05) is 45.4 Å². The molecule has 2 fully saturated rings. The number of rotatable bonds is 6. The molecule has 1 saturated heterocycles. The second-order valence-electron chi connectivity index (χ2n) is 7.07. The number of nitrogens with one attached hydrogen (secondary N) is 1. The van der Waals surface area contributed by atoms with E-state index in [-0.39, 0.29) is 0 Å². The van der Waals surface area contributed by atoms with Gasteiger partial charge >= 0.3 is 0 Å². The van der Waals surface area contributed by atoms with Crippen LogP contribution in [0.1, 0.15) is 52.4 Å². The first-order valence-corrected chi connectivity index (χ1v) is 8.68. The van der Waals surface area contributed by atoms with Crippen molar-refractivity contribution in [3.63, 3.8) is 0 Å². The number of piperazine rings is 1. The smallest absolute Gasteiger partial charge is 0.0474 e. The van der Waals surface area contributed by atoms with Crippen LogP contribution in [-0.2, 0) is 4.74 Å². The molecule has 0 amide bonds. The highest BCUT2D eigenvalue weighted by Gasteiger charge is 2.33. The Morgan fingerprint density at radius 1 is 1.20 bits per heavy atom. The van der Waals surface area contributed by atoms with Crippen LogP contribution < -0.4 is 5.32 Å². The zero-order valence-electron chi connectivity index (χ0n) is 13.7. The van der Waals surface area contributed by atoms with Gasteiger partial charge in [0.15, 0.2) is 0 Å². The largest absolute Gasteiger partial charge is 0.385 e. The Labute approximate surface area is 125 Å². The molecule has 0 aromatic heterocycles. The second-order valence-corrected chi connectivity index (χ2v) is 7.07. The Morgan fingerprint density at radius 3 is 2.60 bits per heavy atom. The third-order valence-corrected chi connectivity index (χ3v) is 5.27. The van der Waals surface area contributed by atoms with Crippen LogP contribution in [0.25, 0.3) is 0 Å². The molecule has 2 unspecified atom stereocenters. The van der Waals surface area contributed by atoms with Gasteiger partial charge in [-0.1, -0.05) is 33.1 Å². The Morgan fingerprint density at radius 2 is 1.95 bits per heavy atom. The standard InChI is InChI=1S/C17H34N2O/c1-14(2)17-12-18-16(15-8-5-4-6-9-15)13-19(17)10-7-11-20-3/h14-18H,4-13H2,1-3H3. The van der Waals surface area contributed by atoms with Crippen molar-refractivity contribution in [1.82, 2.24) is 10.2 Å². The molecule has 1 N–H and O–H groups in total. The van der Waals surface area contributed by atoms with Crippen LogP contribution in [0.3, 0.4) is 0 Å². The average Bonchev–Trinajstić information content (AvgIpc) is 2.48. The average molecular weight is 282 g/mol. The molecule has 0 aromatic carbocycles. The first-order chi connectivity index (χ1) is 9.72. The third kappa shape index (κ3) is 4.44. The highest BCUT2D eigenvalue weighted by atomic mass is 16.5. The van der Waals surface area contributed by atoms with Gasteiger partial charge in [-0.05, 0) is 31.1 Å². The summed E-state index contributed by atoms with van der Waals surface area (Å²) >= 11 is 0. The highest BCUT2D eigenvalue weighted by Crippen LogP contribution is 2.29. The third-order valence-electron chi connectivity index (χ3n) is 5.27. The number of hydrogen-bond donors (Lipinski definition) is 1. The molecule has 1 aliphatic carbocycles. The molecule has 2 atom stereocenters. The summed E-state index contributed by atoms with van der Waals surface area (Å²) in [6.45, 7) is 9.22. The van der Waals surface area contributed by atoms with Crippen LogP contribution in [0.2, 0.25) is 0 Å². The Bertz CT molecular complexity index is 264. The van der Waals surface area contributed by atoms with Gasteiger partial charge in [-0.2, -0.15) is 0 Å². The topological polar surface area (TPSA) is 24.5 Å². The molecule has 20 heavy (non-hydrogen) atoms. The fourth-order valence-electron chi connectivity index (χ4n) is 4.03. The molecule has 1 heterocycles. The molecule has 0 radical (unpaired) electrons. The Balaban J connectivity index is 1.88. The van der Waals surface area contributed by atoms with Gasteiger partial charge in [-0.25, -0.2) is 0 Å². The summed E-state index contributed by atoms with van der Waals surface area (Å²) in [6, 6.07) is 1.43. The molecule has 2 aliphatic rings. The number of ether oxygens (including phenoxy) is 1. The van der Waals surface area contributed by atoms with Crippen molar-refractivity contribution in [2.75, 3.05) is 33.4 Å². The lowest BCUT2D eigenvalue weighted by Gasteiger charge is -2.45. The van der Waals surface area contributed by atoms with E-state index < -0.39 is 0 Å². The lowest BCUT2D eigenvalue weighted by Crippen LogP contribution is -2.60. The monoisotopic (exact) mass is 282 g/mol. The van der Waals surface area contributed by atoms with Crippen LogP contribution >= 0.6 is 0 Å². The van der Waals surface area contributed by atoms with Crippen molar-refractivity contribution < 1.29 is 4.74 Å². The van der Waals surface area contributed by atoms with Crippen LogP contribution in [0.4, 0.5) is 0 Å². The van der Waals surface area contributed by atoms with Crippen molar-refractivity contribution in [2.24, 2.45) is 11.8 Å². The summed E-state index contributed by atoms with van der Waals surface area (Å²) in [6.07, 6.45) is 8.39. The second kappa shape index (κ2) is 8.35. The molecule has 3 heteroatoms. The molecule has 2 rings (SSSR count). The summed E-state index contributed by atoms with van der Waals surface area (Å²) in [5, 5.41) is 3.87. The minimum atomic E-state index is 0.701. The zero-order valence-corrected chi connectivity index (χ0v) is 13.7. The van der Waals surface area contributed by atoms with Gasteiger partial charge in [0.05, 0.1) is 0 Å². The van der Waals surface area contributed by atoms with E-state index >= 15 is 0 Å². The molecule has 0 bridgehead atoms. The Hall–Kier alpha value is -0.120. The van der Waals surface area contributed by atoms with Crippen LogP contribution in [0.5, 0.6) is 0 Å². The zero-order chi connectivity index (χ0) is 14.4. The summed E-state index contributed by atoms with van der Waals surface area (Å²) in [4.78, 5) is 2.74. The lowest BCUT2D eigenvalue weighted by atomic mass is 9.82. The molecular formula is C17H34N2O. The lowest BCUT2D eigenvalue weighted by molar-refractivity contribution is 0.0634. The van der Waals surface area contributed by atoms with E-state index in [1.54, 1.807) is 0 Å². The maximum atomic E-state index is 5.23. The number of hydrogen-bond acceptors (Lipinski definition) is 3. The van der Waals surface area contributed by atoms with E-state index in [9.17, 15) is 0 Å². The fraction of sp³-hybridized carbons (Fsp3) is 1.00. The SMILES string of the molecule is COCCCN1CC(C2CCCCC2)NCC1C(C)C. The van der Waals surface area contributed by atoms with Crippen molar-refractivity contribution in [2.45, 2.75) is 64.5 Å². The van der Waals surface area contributed by atoms with E-state index in [2.05, 4.69) is 24.1 Å². The summed E-state index contributed by atoms with van der Waals surface area (Å²) in [7, 11) is 1.81. The molecular weight excluding hydrogens is 248 g/mol. The molecule has 118 valence electrons.